The van der Waals surface area contributed by atoms with E-state index in [4.69, 9.17) is 0 Å². The van der Waals surface area contributed by atoms with Crippen molar-refractivity contribution in [2.45, 2.75) is 0 Å². The zero-order valence-corrected chi connectivity index (χ0v) is 15.8. The first-order valence-electron chi connectivity index (χ1n) is 7.31. The molecule has 118 valence electrons. The molecule has 0 amide bonds. The van der Waals surface area contributed by atoms with Crippen LogP contribution in [-0.4, -0.2) is 10.8 Å². The van der Waals surface area contributed by atoms with E-state index in [0.717, 1.165) is 25.6 Å². The monoisotopic (exact) mass is 441 g/mol. The van der Waals surface area contributed by atoms with Gasteiger partial charge in [-0.1, -0.05) is 62.2 Å². The predicted molar refractivity (Wildman–Crippen MR) is 105 cm³/mol. The van der Waals surface area contributed by atoms with Crippen molar-refractivity contribution >= 4 is 43.7 Å². The van der Waals surface area contributed by atoms with E-state index in [1.807, 2.05) is 60.7 Å². The summed E-state index contributed by atoms with van der Waals surface area (Å²) in [7, 11) is 0. The molecular weight excluding hydrogens is 430 g/mol. The Kier molecular flexibility index (Phi) is 5.38. The molecule has 0 aliphatic heterocycles. The van der Waals surface area contributed by atoms with Gasteiger partial charge >= 0.3 is 0 Å². The first-order chi connectivity index (χ1) is 11.6. The highest BCUT2D eigenvalue weighted by Crippen LogP contribution is 2.22. The summed E-state index contributed by atoms with van der Waals surface area (Å²) in [5.74, 6) is -0.0307. The number of aromatic nitrogens is 1. The topological polar surface area (TPSA) is 30.0 Å². The molecule has 0 unspecified atom stereocenters. The van der Waals surface area contributed by atoms with Gasteiger partial charge in [0.2, 0.25) is 0 Å². The molecule has 0 atom stereocenters. The number of allylic oxidation sites excluding steroid dienone is 1. The predicted octanol–water partition coefficient (Wildman–Crippen LogP) is 6.17. The van der Waals surface area contributed by atoms with Crippen molar-refractivity contribution < 1.29 is 4.79 Å². The molecule has 2 aromatic carbocycles. The second kappa shape index (κ2) is 7.69. The van der Waals surface area contributed by atoms with Crippen molar-refractivity contribution in [3.63, 3.8) is 0 Å². The van der Waals surface area contributed by atoms with E-state index in [1.165, 1.54) is 0 Å². The number of ketones is 1. The quantitative estimate of drug-likeness (QED) is 0.357. The van der Waals surface area contributed by atoms with Crippen molar-refractivity contribution in [1.82, 2.24) is 4.98 Å². The van der Waals surface area contributed by atoms with Crippen LogP contribution in [0.3, 0.4) is 0 Å². The summed E-state index contributed by atoms with van der Waals surface area (Å²) >= 11 is 6.89. The van der Waals surface area contributed by atoms with Crippen LogP contribution < -0.4 is 0 Å². The molecule has 1 aromatic heterocycles. The molecule has 3 aromatic rings. The molecule has 0 bridgehead atoms. The van der Waals surface area contributed by atoms with Gasteiger partial charge in [0.15, 0.2) is 5.78 Å². The number of pyridine rings is 1. The second-order valence-corrected chi connectivity index (χ2v) is 7.05. The van der Waals surface area contributed by atoms with Gasteiger partial charge in [0, 0.05) is 32.5 Å². The molecule has 2 nitrogen and oxygen atoms in total. The van der Waals surface area contributed by atoms with E-state index >= 15 is 0 Å². The molecule has 24 heavy (non-hydrogen) atoms. The van der Waals surface area contributed by atoms with Crippen LogP contribution in [0.25, 0.3) is 17.2 Å². The summed E-state index contributed by atoms with van der Waals surface area (Å²) in [6.07, 6.45) is 6.93. The fourth-order valence-electron chi connectivity index (χ4n) is 2.33. The van der Waals surface area contributed by atoms with Crippen molar-refractivity contribution in [3.8, 4) is 11.1 Å². The van der Waals surface area contributed by atoms with Gasteiger partial charge in [-0.15, -0.1) is 0 Å². The molecule has 0 aliphatic carbocycles. The van der Waals surface area contributed by atoms with Crippen LogP contribution in [0, 0.1) is 0 Å². The maximum absolute atomic E-state index is 12.4. The van der Waals surface area contributed by atoms with Crippen LogP contribution in [0.15, 0.2) is 82.0 Å². The lowest BCUT2D eigenvalue weighted by molar-refractivity contribution is 0.104. The summed E-state index contributed by atoms with van der Waals surface area (Å²) in [4.78, 5) is 16.6. The van der Waals surface area contributed by atoms with Crippen LogP contribution in [0.2, 0.25) is 0 Å². The maximum atomic E-state index is 12.4. The Hall–Kier alpha value is -2.04. The third-order valence-corrected chi connectivity index (χ3v) is 4.37. The Morgan fingerprint density at radius 3 is 2.38 bits per heavy atom. The Balaban J connectivity index is 1.84. The molecule has 0 aliphatic rings. The first kappa shape index (κ1) is 16.8. The average Bonchev–Trinajstić information content (AvgIpc) is 2.60. The zero-order chi connectivity index (χ0) is 16.9. The molecule has 0 spiro atoms. The van der Waals surface area contributed by atoms with E-state index < -0.39 is 0 Å². The summed E-state index contributed by atoms with van der Waals surface area (Å²) in [6.45, 7) is 0. The van der Waals surface area contributed by atoms with Gasteiger partial charge in [-0.05, 0) is 47.5 Å². The lowest BCUT2D eigenvalue weighted by Crippen LogP contribution is -1.94. The van der Waals surface area contributed by atoms with E-state index in [2.05, 4.69) is 36.8 Å². The van der Waals surface area contributed by atoms with E-state index in [0.29, 0.717) is 5.56 Å². The Morgan fingerprint density at radius 2 is 1.67 bits per heavy atom. The summed E-state index contributed by atoms with van der Waals surface area (Å²) in [5, 5.41) is 0. The number of rotatable bonds is 4. The third kappa shape index (κ3) is 4.28. The van der Waals surface area contributed by atoms with Crippen LogP contribution in [0.1, 0.15) is 15.9 Å². The largest absolute Gasteiger partial charge is 0.289 e. The molecule has 3 rings (SSSR count). The zero-order valence-electron chi connectivity index (χ0n) is 12.6. The SMILES string of the molecule is O=C(/C=C/c1cc(Br)cc(Br)c1)c1cccc(-c2cccnc2)c1. The molecular formula is C20H13Br2NO. The normalized spacial score (nSPS) is 10.9. The first-order valence-corrected chi connectivity index (χ1v) is 8.89. The number of hydrogen-bond acceptors (Lipinski definition) is 2. The molecule has 0 saturated heterocycles. The summed E-state index contributed by atoms with van der Waals surface area (Å²) < 4.78 is 1.92. The molecule has 0 saturated carbocycles. The molecule has 0 N–H and O–H groups in total. The van der Waals surface area contributed by atoms with Gasteiger partial charge in [-0.3, -0.25) is 9.78 Å². The minimum atomic E-state index is -0.0307. The van der Waals surface area contributed by atoms with Crippen molar-refractivity contribution in [2.75, 3.05) is 0 Å². The fourth-order valence-corrected chi connectivity index (χ4v) is 3.65. The lowest BCUT2D eigenvalue weighted by Gasteiger charge is -2.03. The van der Waals surface area contributed by atoms with Gasteiger partial charge in [-0.25, -0.2) is 0 Å². The van der Waals surface area contributed by atoms with Crippen LogP contribution in [0.4, 0.5) is 0 Å². The molecule has 1 heterocycles. The Labute approximate surface area is 157 Å². The highest BCUT2D eigenvalue weighted by atomic mass is 79.9. The number of nitrogens with zero attached hydrogens (tertiary/aromatic N) is 1. The van der Waals surface area contributed by atoms with Gasteiger partial charge in [-0.2, -0.15) is 0 Å². The Bertz CT molecular complexity index is 884. The molecule has 0 fully saturated rings. The van der Waals surface area contributed by atoms with Gasteiger partial charge < -0.3 is 0 Å². The van der Waals surface area contributed by atoms with E-state index in [1.54, 1.807) is 18.5 Å². The number of carbonyl (C=O) groups excluding carboxylic acids is 1. The Morgan fingerprint density at radius 1 is 0.917 bits per heavy atom. The second-order valence-electron chi connectivity index (χ2n) is 5.22. The van der Waals surface area contributed by atoms with E-state index in [9.17, 15) is 4.79 Å². The van der Waals surface area contributed by atoms with Gasteiger partial charge in [0.25, 0.3) is 0 Å². The third-order valence-electron chi connectivity index (χ3n) is 3.45. The van der Waals surface area contributed by atoms with Crippen LogP contribution in [0.5, 0.6) is 0 Å². The van der Waals surface area contributed by atoms with Gasteiger partial charge in [0.1, 0.15) is 0 Å². The van der Waals surface area contributed by atoms with E-state index in [-0.39, 0.29) is 5.78 Å². The van der Waals surface area contributed by atoms with Gasteiger partial charge in [0.05, 0.1) is 0 Å². The van der Waals surface area contributed by atoms with Crippen LogP contribution >= 0.6 is 31.9 Å². The van der Waals surface area contributed by atoms with Crippen LogP contribution in [-0.2, 0) is 0 Å². The average molecular weight is 443 g/mol. The fraction of sp³-hybridized carbons (Fsp3) is 0. The minimum Gasteiger partial charge on any atom is -0.289 e. The number of benzene rings is 2. The summed E-state index contributed by atoms with van der Waals surface area (Å²) in [6, 6.07) is 17.3. The number of hydrogen-bond donors (Lipinski definition) is 0. The highest BCUT2D eigenvalue weighted by molar-refractivity contribution is 9.11. The number of carbonyl (C=O) groups is 1. The molecule has 0 radical (unpaired) electrons. The number of halogens is 2. The summed E-state index contributed by atoms with van der Waals surface area (Å²) in [5.41, 5.74) is 3.58. The smallest absolute Gasteiger partial charge is 0.185 e. The standard InChI is InChI=1S/C20H13Br2NO/c21-18-9-14(10-19(22)12-18)6-7-20(24)16-4-1-3-15(11-16)17-5-2-8-23-13-17/h1-13H/b7-6+. The highest BCUT2D eigenvalue weighted by Gasteiger charge is 2.05. The molecule has 4 heteroatoms. The van der Waals surface area contributed by atoms with Crippen molar-refractivity contribution in [2.24, 2.45) is 0 Å². The maximum Gasteiger partial charge on any atom is 0.185 e. The minimum absolute atomic E-state index is 0.0307. The lowest BCUT2D eigenvalue weighted by atomic mass is 10.0. The van der Waals surface area contributed by atoms with Crippen molar-refractivity contribution in [3.05, 3.63) is 93.1 Å². The van der Waals surface area contributed by atoms with Crippen molar-refractivity contribution in [1.29, 1.82) is 0 Å².